The second-order valence-electron chi connectivity index (χ2n) is 7.75. The number of nitrogens with zero attached hydrogens (tertiary/aromatic N) is 4. The lowest BCUT2D eigenvalue weighted by molar-refractivity contribution is 0.0944. The number of aliphatic imine (C=N–C) groups is 1. The summed E-state index contributed by atoms with van der Waals surface area (Å²) < 4.78 is 21.7. The molecule has 32 heavy (non-hydrogen) atoms. The van der Waals surface area contributed by atoms with Crippen LogP contribution >= 0.6 is 0 Å². The molecule has 3 heterocycles. The first-order valence-corrected chi connectivity index (χ1v) is 10.6. The Hall–Kier alpha value is -3.62. The maximum absolute atomic E-state index is 14.8. The minimum absolute atomic E-state index is 0.204. The number of hydrogen-bond acceptors (Lipinski definition) is 6. The Morgan fingerprint density at radius 2 is 2.09 bits per heavy atom. The number of fused-ring (bicyclic) bond motifs is 1. The number of methoxy groups -OCH3 is 1. The highest BCUT2D eigenvalue weighted by Gasteiger charge is 2.20. The molecule has 0 radical (unpaired) electrons. The molecule has 0 saturated carbocycles. The van der Waals surface area contributed by atoms with Gasteiger partial charge in [0.05, 0.1) is 31.6 Å². The molecule has 168 valence electrons. The molecule has 0 aliphatic carbocycles. The minimum Gasteiger partial charge on any atom is -0.467 e. The van der Waals surface area contributed by atoms with Crippen LogP contribution in [0.2, 0.25) is 0 Å². The molecule has 1 aliphatic rings. The number of benzene rings is 1. The molecule has 0 atom stereocenters. The van der Waals surface area contributed by atoms with E-state index in [0.717, 1.165) is 22.5 Å². The van der Waals surface area contributed by atoms with E-state index < -0.39 is 5.82 Å². The topological polar surface area (TPSA) is 83.3 Å². The molecule has 1 aliphatic heterocycles. The molecule has 2 aromatic heterocycles. The number of hydrogen-bond donors (Lipinski definition) is 2. The molecule has 2 N–H and O–H groups in total. The Bertz CT molecular complexity index is 1200. The summed E-state index contributed by atoms with van der Waals surface area (Å²) in [4.78, 5) is 21.8. The molecule has 0 unspecified atom stereocenters. The molecule has 0 spiro atoms. The predicted octanol–water partition coefficient (Wildman–Crippen LogP) is 2.91. The van der Waals surface area contributed by atoms with Crippen LogP contribution in [0.15, 0.2) is 35.5 Å². The lowest BCUT2D eigenvalue weighted by Gasteiger charge is -2.29. The quantitative estimate of drug-likeness (QED) is 0.640. The summed E-state index contributed by atoms with van der Waals surface area (Å²) in [6.45, 7) is 7.23. The molecule has 8 nitrogen and oxygen atoms in total. The minimum atomic E-state index is -0.392. The number of nitrogens with one attached hydrogen (secondary N) is 2. The number of rotatable bonds is 5. The highest BCUT2D eigenvalue weighted by Crippen LogP contribution is 2.21. The van der Waals surface area contributed by atoms with E-state index in [1.165, 1.54) is 13.2 Å². The van der Waals surface area contributed by atoms with Crippen LogP contribution in [0.3, 0.4) is 0 Å². The van der Waals surface area contributed by atoms with Crippen molar-refractivity contribution in [2.75, 3.05) is 25.2 Å². The molecule has 0 bridgehead atoms. The number of pyridine rings is 1. The monoisotopic (exact) mass is 438 g/mol. The second kappa shape index (κ2) is 8.86. The average Bonchev–Trinajstić information content (AvgIpc) is 3.15. The number of carbonyl (C=O) groups excluding carboxylic acids is 1. The third-order valence-electron chi connectivity index (χ3n) is 5.61. The lowest BCUT2D eigenvalue weighted by atomic mass is 10.1. The van der Waals surface area contributed by atoms with Crippen molar-refractivity contribution in [2.45, 2.75) is 33.7 Å². The van der Waals surface area contributed by atoms with E-state index in [2.05, 4.69) is 20.7 Å². The molecule has 3 aromatic rings. The van der Waals surface area contributed by atoms with Crippen LogP contribution in [0.1, 0.15) is 39.8 Å². The summed E-state index contributed by atoms with van der Waals surface area (Å²) in [5.74, 6) is -0.627. The SMILES string of the molecule is CCc1nc2cc(C)c(C)cn2c1C(=O)NCc1ccc(N2CCN=C(OC)N2)c(F)c1. The number of amides is 1. The van der Waals surface area contributed by atoms with Crippen molar-refractivity contribution in [2.24, 2.45) is 4.99 Å². The van der Waals surface area contributed by atoms with Crippen LogP contribution in [0, 0.1) is 19.7 Å². The number of imidazole rings is 1. The Morgan fingerprint density at radius 1 is 1.28 bits per heavy atom. The van der Waals surface area contributed by atoms with E-state index in [4.69, 9.17) is 4.74 Å². The van der Waals surface area contributed by atoms with Crippen molar-refractivity contribution in [3.63, 3.8) is 0 Å². The summed E-state index contributed by atoms with van der Waals surface area (Å²) >= 11 is 0. The summed E-state index contributed by atoms with van der Waals surface area (Å²) in [6, 6.07) is 7.23. The highest BCUT2D eigenvalue weighted by molar-refractivity contribution is 5.94. The van der Waals surface area contributed by atoms with Gasteiger partial charge >= 0.3 is 6.02 Å². The Labute approximate surface area is 186 Å². The summed E-state index contributed by atoms with van der Waals surface area (Å²) in [5.41, 5.74) is 8.20. The maximum Gasteiger partial charge on any atom is 0.303 e. The highest BCUT2D eigenvalue weighted by atomic mass is 19.1. The fourth-order valence-corrected chi connectivity index (χ4v) is 3.72. The number of amidine groups is 1. The zero-order valence-electron chi connectivity index (χ0n) is 18.7. The third-order valence-corrected chi connectivity index (χ3v) is 5.61. The standard InChI is InChI=1S/C23H27FN6O2/c1-5-18-21(29-13-15(3)14(2)10-20(29)27-18)22(31)26-12-16-6-7-19(17(24)11-16)30-9-8-25-23(28-30)32-4/h6-7,10-11,13H,5,8-9,12H2,1-4H3,(H,25,28)(H,26,31). The first kappa shape index (κ1) is 21.6. The van der Waals surface area contributed by atoms with E-state index >= 15 is 0 Å². The van der Waals surface area contributed by atoms with Crippen molar-refractivity contribution in [1.82, 2.24) is 20.1 Å². The molecule has 4 rings (SSSR count). The lowest BCUT2D eigenvalue weighted by Crippen LogP contribution is -2.48. The molecule has 0 saturated heterocycles. The number of anilines is 1. The average molecular weight is 439 g/mol. The molecule has 1 aromatic carbocycles. The fourth-order valence-electron chi connectivity index (χ4n) is 3.72. The van der Waals surface area contributed by atoms with Crippen LogP contribution in [0.25, 0.3) is 5.65 Å². The number of aryl methyl sites for hydroxylation is 3. The largest absolute Gasteiger partial charge is 0.467 e. The van der Waals surface area contributed by atoms with Crippen molar-refractivity contribution < 1.29 is 13.9 Å². The molecule has 0 fully saturated rings. The fraction of sp³-hybridized carbons (Fsp3) is 0.348. The van der Waals surface area contributed by atoms with Gasteiger partial charge in [0.1, 0.15) is 17.2 Å². The van der Waals surface area contributed by atoms with Crippen LogP contribution in [-0.4, -0.2) is 41.5 Å². The first-order chi connectivity index (χ1) is 15.4. The van der Waals surface area contributed by atoms with Gasteiger partial charge in [0, 0.05) is 12.7 Å². The normalized spacial score (nSPS) is 13.7. The van der Waals surface area contributed by atoms with Gasteiger partial charge in [-0.2, -0.15) is 0 Å². The van der Waals surface area contributed by atoms with Crippen LogP contribution in [-0.2, 0) is 17.7 Å². The number of halogens is 1. The zero-order valence-corrected chi connectivity index (χ0v) is 18.7. The van der Waals surface area contributed by atoms with Gasteiger partial charge in [-0.05, 0) is 55.2 Å². The number of hydrazine groups is 1. The van der Waals surface area contributed by atoms with Gasteiger partial charge in [-0.25, -0.2) is 14.4 Å². The maximum atomic E-state index is 14.8. The molecular formula is C23H27FN6O2. The van der Waals surface area contributed by atoms with Crippen molar-refractivity contribution in [1.29, 1.82) is 0 Å². The Kier molecular flexibility index (Phi) is 5.98. The van der Waals surface area contributed by atoms with Crippen molar-refractivity contribution in [3.8, 4) is 0 Å². The molecule has 9 heteroatoms. The van der Waals surface area contributed by atoms with Crippen molar-refractivity contribution in [3.05, 3.63) is 64.4 Å². The smallest absolute Gasteiger partial charge is 0.303 e. The van der Waals surface area contributed by atoms with Gasteiger partial charge < -0.3 is 10.1 Å². The van der Waals surface area contributed by atoms with Crippen LogP contribution in [0.4, 0.5) is 10.1 Å². The van der Waals surface area contributed by atoms with E-state index in [9.17, 15) is 9.18 Å². The van der Waals surface area contributed by atoms with E-state index in [1.54, 1.807) is 17.1 Å². The van der Waals surface area contributed by atoms with Crippen LogP contribution < -0.4 is 15.8 Å². The summed E-state index contributed by atoms with van der Waals surface area (Å²) in [6.07, 6.45) is 2.57. The first-order valence-electron chi connectivity index (χ1n) is 10.6. The van der Waals surface area contributed by atoms with Gasteiger partial charge in [-0.3, -0.25) is 19.6 Å². The molecule has 1 amide bonds. The Morgan fingerprint density at radius 3 is 2.81 bits per heavy atom. The van der Waals surface area contributed by atoms with E-state index in [1.807, 2.05) is 37.4 Å². The van der Waals surface area contributed by atoms with Gasteiger partial charge in [0.25, 0.3) is 5.91 Å². The Balaban J connectivity index is 1.51. The third kappa shape index (κ3) is 4.10. The number of ether oxygens (including phenoxy) is 1. The number of aromatic nitrogens is 2. The summed E-state index contributed by atoms with van der Waals surface area (Å²) in [7, 11) is 1.51. The van der Waals surface area contributed by atoms with Crippen LogP contribution in [0.5, 0.6) is 0 Å². The predicted molar refractivity (Wildman–Crippen MR) is 121 cm³/mol. The van der Waals surface area contributed by atoms with Crippen molar-refractivity contribution >= 4 is 23.3 Å². The van der Waals surface area contributed by atoms with E-state index in [-0.39, 0.29) is 12.5 Å². The van der Waals surface area contributed by atoms with E-state index in [0.29, 0.717) is 42.5 Å². The molecular weight excluding hydrogens is 411 g/mol. The van der Waals surface area contributed by atoms with Gasteiger partial charge in [-0.15, -0.1) is 0 Å². The summed E-state index contributed by atoms with van der Waals surface area (Å²) in [5, 5.41) is 4.56. The number of carbonyl (C=O) groups is 1. The zero-order chi connectivity index (χ0) is 22.8. The second-order valence-corrected chi connectivity index (χ2v) is 7.75. The van der Waals surface area contributed by atoms with Gasteiger partial charge in [-0.1, -0.05) is 13.0 Å². The van der Waals surface area contributed by atoms with Gasteiger partial charge in [0.15, 0.2) is 0 Å². The van der Waals surface area contributed by atoms with Gasteiger partial charge in [0.2, 0.25) is 0 Å².